The first-order chi connectivity index (χ1) is 8.11. The number of benzene rings is 1. The highest BCUT2D eigenvalue weighted by molar-refractivity contribution is 6.83. The molecule has 0 aliphatic heterocycles. The van der Waals surface area contributed by atoms with Gasteiger partial charge in [0.25, 0.3) is 0 Å². The van der Waals surface area contributed by atoms with E-state index in [4.69, 9.17) is 8.85 Å². The van der Waals surface area contributed by atoms with E-state index in [9.17, 15) is 4.79 Å². The Labute approximate surface area is 105 Å². The van der Waals surface area contributed by atoms with Crippen molar-refractivity contribution in [1.29, 1.82) is 0 Å². The van der Waals surface area contributed by atoms with Crippen LogP contribution < -0.4 is 0 Å². The first-order valence-corrected chi connectivity index (χ1v) is 7.16. The summed E-state index contributed by atoms with van der Waals surface area (Å²) in [5.74, 6) is 0. The highest BCUT2D eigenvalue weighted by Crippen LogP contribution is 2.15. The molecule has 0 saturated carbocycles. The fourth-order valence-electron chi connectivity index (χ4n) is 1.54. The van der Waals surface area contributed by atoms with Gasteiger partial charge in [0.1, 0.15) is 0 Å². The molecule has 0 fully saturated rings. The van der Waals surface area contributed by atoms with E-state index in [1.165, 1.54) is 0 Å². The fraction of sp³-hybridized carbons (Fsp3) is 0.462. The second kappa shape index (κ2) is 6.69. The third-order valence-corrected chi connectivity index (χ3v) is 4.33. The Balaban J connectivity index is 2.96. The third kappa shape index (κ3) is 3.49. The number of hydrogen-bond acceptors (Lipinski definition) is 3. The molecule has 0 N–H and O–H groups in total. The zero-order chi connectivity index (χ0) is 12.8. The summed E-state index contributed by atoms with van der Waals surface area (Å²) in [5, 5.41) is -0.0000926. The molecule has 0 aromatic heterocycles. The molecule has 93 valence electrons. The fourth-order valence-corrected chi connectivity index (χ4v) is 2.90. The zero-order valence-corrected chi connectivity index (χ0v) is 11.9. The van der Waals surface area contributed by atoms with E-state index in [2.05, 4.69) is 0 Å². The maximum absolute atomic E-state index is 12.3. The molecule has 3 nitrogen and oxygen atoms in total. The SMILES string of the molecule is CCO[Si](OCC)C(=O)c1cccc(C)c1C. The maximum atomic E-state index is 12.3. The Bertz CT molecular complexity index is 384. The molecule has 1 rings (SSSR count). The van der Waals surface area contributed by atoms with Gasteiger partial charge in [-0.2, -0.15) is 0 Å². The highest BCUT2D eigenvalue weighted by atomic mass is 28.3. The van der Waals surface area contributed by atoms with Crippen molar-refractivity contribution in [2.24, 2.45) is 0 Å². The predicted octanol–water partition coefficient (Wildman–Crippen LogP) is 2.59. The lowest BCUT2D eigenvalue weighted by Gasteiger charge is -2.14. The predicted molar refractivity (Wildman–Crippen MR) is 69.3 cm³/mol. The topological polar surface area (TPSA) is 35.5 Å². The molecule has 0 saturated heterocycles. The molecule has 1 aromatic carbocycles. The Morgan fingerprint density at radius 1 is 1.18 bits per heavy atom. The van der Waals surface area contributed by atoms with Crippen LogP contribution in [0.4, 0.5) is 0 Å². The first-order valence-electron chi connectivity index (χ1n) is 5.85. The average molecular weight is 251 g/mol. The van der Waals surface area contributed by atoms with Crippen molar-refractivity contribution in [2.45, 2.75) is 27.7 Å². The number of hydrogen-bond donors (Lipinski definition) is 0. The first kappa shape index (κ1) is 14.1. The maximum Gasteiger partial charge on any atom is 0.468 e. The van der Waals surface area contributed by atoms with Gasteiger partial charge in [0.2, 0.25) is 5.41 Å². The second-order valence-corrected chi connectivity index (χ2v) is 5.34. The van der Waals surface area contributed by atoms with Crippen molar-refractivity contribution in [3.8, 4) is 0 Å². The summed E-state index contributed by atoms with van der Waals surface area (Å²) in [4.78, 5) is 12.3. The molecule has 0 atom stereocenters. The van der Waals surface area contributed by atoms with Gasteiger partial charge in [-0.05, 0) is 38.8 Å². The van der Waals surface area contributed by atoms with Crippen LogP contribution in [0.25, 0.3) is 0 Å². The average Bonchev–Trinajstić information content (AvgIpc) is 2.31. The van der Waals surface area contributed by atoms with Gasteiger partial charge in [-0.15, -0.1) is 0 Å². The molecule has 0 spiro atoms. The van der Waals surface area contributed by atoms with Crippen LogP contribution in [0.1, 0.15) is 35.3 Å². The van der Waals surface area contributed by atoms with Gasteiger partial charge in [-0.3, -0.25) is 4.79 Å². The van der Waals surface area contributed by atoms with Gasteiger partial charge >= 0.3 is 9.28 Å². The van der Waals surface area contributed by atoms with Crippen LogP contribution in [0.15, 0.2) is 18.2 Å². The summed E-state index contributed by atoms with van der Waals surface area (Å²) in [6, 6.07) is 5.74. The molecule has 0 unspecified atom stereocenters. The van der Waals surface area contributed by atoms with Crippen molar-refractivity contribution in [1.82, 2.24) is 0 Å². The summed E-state index contributed by atoms with van der Waals surface area (Å²) < 4.78 is 10.8. The van der Waals surface area contributed by atoms with Crippen LogP contribution in [0, 0.1) is 13.8 Å². The summed E-state index contributed by atoms with van der Waals surface area (Å²) in [6.07, 6.45) is 0. The lowest BCUT2D eigenvalue weighted by molar-refractivity contribution is 0.0982. The van der Waals surface area contributed by atoms with Crippen LogP contribution in [0.3, 0.4) is 0 Å². The number of aryl methyl sites for hydroxylation is 1. The Hall–Kier alpha value is -0.973. The molecule has 1 radical (unpaired) electrons. The molecule has 0 aliphatic carbocycles. The molecular weight excluding hydrogens is 232 g/mol. The molecule has 17 heavy (non-hydrogen) atoms. The Morgan fingerprint density at radius 3 is 2.29 bits per heavy atom. The van der Waals surface area contributed by atoms with Gasteiger partial charge in [-0.25, -0.2) is 0 Å². The van der Waals surface area contributed by atoms with Gasteiger partial charge in [0.05, 0.1) is 0 Å². The minimum absolute atomic E-state index is 0.0000926. The number of carbonyl (C=O) groups is 1. The van der Waals surface area contributed by atoms with Gasteiger partial charge in [0.15, 0.2) is 0 Å². The van der Waals surface area contributed by atoms with Gasteiger partial charge < -0.3 is 8.85 Å². The van der Waals surface area contributed by atoms with Crippen molar-refractivity contribution in [3.63, 3.8) is 0 Å². The summed E-state index contributed by atoms with van der Waals surface area (Å²) in [5.41, 5.74) is 2.85. The summed E-state index contributed by atoms with van der Waals surface area (Å²) in [7, 11) is -1.85. The number of rotatable bonds is 6. The largest absolute Gasteiger partial charge is 0.468 e. The van der Waals surface area contributed by atoms with E-state index >= 15 is 0 Å². The van der Waals surface area contributed by atoms with Crippen molar-refractivity contribution in [3.05, 3.63) is 34.9 Å². The van der Waals surface area contributed by atoms with E-state index < -0.39 is 9.28 Å². The third-order valence-electron chi connectivity index (χ3n) is 2.59. The Kier molecular flexibility index (Phi) is 5.54. The summed E-state index contributed by atoms with van der Waals surface area (Å²) >= 11 is 0. The van der Waals surface area contributed by atoms with Gasteiger partial charge in [0, 0.05) is 18.8 Å². The van der Waals surface area contributed by atoms with E-state index in [1.807, 2.05) is 45.9 Å². The van der Waals surface area contributed by atoms with Crippen LogP contribution in [-0.4, -0.2) is 27.9 Å². The number of carbonyl (C=O) groups excluding carboxylic acids is 1. The summed E-state index contributed by atoms with van der Waals surface area (Å²) in [6.45, 7) is 8.72. The van der Waals surface area contributed by atoms with Crippen LogP contribution in [0.5, 0.6) is 0 Å². The van der Waals surface area contributed by atoms with Gasteiger partial charge in [-0.1, -0.05) is 18.2 Å². The molecular formula is C13H19O3Si. The van der Waals surface area contributed by atoms with Crippen molar-refractivity contribution in [2.75, 3.05) is 13.2 Å². The minimum atomic E-state index is -1.85. The van der Waals surface area contributed by atoms with E-state index in [1.54, 1.807) is 0 Å². The molecule has 1 aromatic rings. The lowest BCUT2D eigenvalue weighted by atomic mass is 10.0. The molecule has 0 aliphatic rings. The van der Waals surface area contributed by atoms with Crippen molar-refractivity contribution >= 4 is 14.7 Å². The molecule has 0 bridgehead atoms. The molecule has 0 amide bonds. The monoisotopic (exact) mass is 251 g/mol. The van der Waals surface area contributed by atoms with Crippen molar-refractivity contribution < 1.29 is 13.6 Å². The van der Waals surface area contributed by atoms with E-state index in [0.29, 0.717) is 13.2 Å². The highest BCUT2D eigenvalue weighted by Gasteiger charge is 2.28. The normalized spacial score (nSPS) is 10.9. The minimum Gasteiger partial charge on any atom is -0.388 e. The second-order valence-electron chi connectivity index (χ2n) is 3.73. The Morgan fingerprint density at radius 2 is 1.76 bits per heavy atom. The smallest absolute Gasteiger partial charge is 0.388 e. The van der Waals surface area contributed by atoms with Crippen LogP contribution in [-0.2, 0) is 8.85 Å². The van der Waals surface area contributed by atoms with E-state index in [-0.39, 0.29) is 5.41 Å². The quantitative estimate of drug-likeness (QED) is 0.729. The zero-order valence-electron chi connectivity index (χ0n) is 10.9. The lowest BCUT2D eigenvalue weighted by Crippen LogP contribution is -2.34. The molecule has 0 heterocycles. The molecule has 4 heteroatoms. The van der Waals surface area contributed by atoms with Crippen LogP contribution in [0.2, 0.25) is 0 Å². The van der Waals surface area contributed by atoms with E-state index in [0.717, 1.165) is 16.7 Å². The standard InChI is InChI=1S/C13H19O3Si/c1-5-15-17(16-6-2)13(14)12-9-7-8-10(3)11(12)4/h7-9H,5-6H2,1-4H3. The van der Waals surface area contributed by atoms with Crippen LogP contribution >= 0.6 is 0 Å².